The Balaban J connectivity index is 1.60. The summed E-state index contributed by atoms with van der Waals surface area (Å²) < 4.78 is 21.4. The number of amidine groups is 1. The van der Waals surface area contributed by atoms with Gasteiger partial charge in [-0.1, -0.05) is 45.7 Å². The van der Waals surface area contributed by atoms with Gasteiger partial charge >= 0.3 is 0 Å². The van der Waals surface area contributed by atoms with Crippen LogP contribution in [0.1, 0.15) is 11.1 Å². The molecule has 0 aliphatic carbocycles. The van der Waals surface area contributed by atoms with Gasteiger partial charge in [0.25, 0.3) is 5.91 Å². The van der Waals surface area contributed by atoms with Crippen molar-refractivity contribution >= 4 is 78.1 Å². The summed E-state index contributed by atoms with van der Waals surface area (Å²) in [5.74, 6) is -0.103. The van der Waals surface area contributed by atoms with Crippen LogP contribution in [-0.2, 0) is 11.4 Å². The van der Waals surface area contributed by atoms with Gasteiger partial charge in [0.1, 0.15) is 18.2 Å². The van der Waals surface area contributed by atoms with Gasteiger partial charge in [-0.15, -0.1) is 0 Å². The standard InChI is InChI=1S/C23H14Br2ClFN2O2S/c24-15-9-14(21(18(25)11-15)31-12-13-3-1-2-4-19(13)27)10-20-22(30)29-23(32-20)28-17-7-5-16(26)6-8-17/h1-11H,12H2,(H,28,29,30)/b20-10-. The molecule has 1 heterocycles. The number of amides is 1. The van der Waals surface area contributed by atoms with Gasteiger partial charge in [0.2, 0.25) is 0 Å². The molecular formula is C23H14Br2ClFN2O2S. The predicted octanol–water partition coefficient (Wildman–Crippen LogP) is 7.47. The van der Waals surface area contributed by atoms with Gasteiger partial charge in [0.15, 0.2) is 5.17 Å². The molecule has 3 aromatic carbocycles. The van der Waals surface area contributed by atoms with Crippen molar-refractivity contribution in [3.63, 3.8) is 0 Å². The molecule has 1 fully saturated rings. The molecule has 1 aliphatic rings. The molecule has 0 atom stereocenters. The normalized spacial score (nSPS) is 15.9. The lowest BCUT2D eigenvalue weighted by atomic mass is 10.1. The molecule has 0 radical (unpaired) electrons. The maximum Gasteiger partial charge on any atom is 0.264 e. The lowest BCUT2D eigenvalue weighted by molar-refractivity contribution is -0.115. The number of nitrogens with zero attached hydrogens (tertiary/aromatic N) is 1. The zero-order valence-corrected chi connectivity index (χ0v) is 21.0. The van der Waals surface area contributed by atoms with Crippen LogP contribution < -0.4 is 10.1 Å². The molecule has 162 valence electrons. The number of ether oxygens (including phenoxy) is 1. The molecule has 1 amide bonds. The van der Waals surface area contributed by atoms with Gasteiger partial charge in [0.05, 0.1) is 15.1 Å². The van der Waals surface area contributed by atoms with Gasteiger partial charge in [-0.3, -0.25) is 4.79 Å². The highest BCUT2D eigenvalue weighted by Crippen LogP contribution is 2.37. The van der Waals surface area contributed by atoms with E-state index in [2.05, 4.69) is 42.2 Å². The minimum atomic E-state index is -0.339. The van der Waals surface area contributed by atoms with Crippen LogP contribution in [0.2, 0.25) is 5.02 Å². The summed E-state index contributed by atoms with van der Waals surface area (Å²) in [4.78, 5) is 17.4. The lowest BCUT2D eigenvalue weighted by Gasteiger charge is -2.13. The number of rotatable bonds is 5. The Bertz CT molecular complexity index is 1250. The minimum Gasteiger partial charge on any atom is -0.487 e. The van der Waals surface area contributed by atoms with Gasteiger partial charge in [-0.25, -0.2) is 9.38 Å². The van der Waals surface area contributed by atoms with Crippen LogP contribution in [0.15, 0.2) is 79.5 Å². The molecule has 3 aromatic rings. The van der Waals surface area contributed by atoms with Crippen LogP contribution in [-0.4, -0.2) is 11.1 Å². The third-order valence-corrected chi connectivity index (χ3v) is 6.57. The molecule has 4 nitrogen and oxygen atoms in total. The van der Waals surface area contributed by atoms with E-state index in [0.29, 0.717) is 42.1 Å². The van der Waals surface area contributed by atoms with Crippen LogP contribution in [0.5, 0.6) is 5.75 Å². The number of benzene rings is 3. The van der Waals surface area contributed by atoms with E-state index in [1.807, 2.05) is 12.1 Å². The molecule has 32 heavy (non-hydrogen) atoms. The highest BCUT2D eigenvalue weighted by Gasteiger charge is 2.25. The average molecular weight is 597 g/mol. The van der Waals surface area contributed by atoms with Crippen molar-refractivity contribution in [1.82, 2.24) is 5.32 Å². The Kier molecular flexibility index (Phi) is 7.35. The van der Waals surface area contributed by atoms with Crippen molar-refractivity contribution in [2.45, 2.75) is 6.61 Å². The SMILES string of the molecule is O=C1NC(=Nc2ccc(Cl)cc2)S/C1=C\c1cc(Br)cc(Br)c1OCc1ccccc1F. The van der Waals surface area contributed by atoms with Crippen molar-refractivity contribution in [3.8, 4) is 5.75 Å². The molecule has 1 aliphatic heterocycles. The maximum atomic E-state index is 14.0. The molecule has 0 bridgehead atoms. The van der Waals surface area contributed by atoms with Gasteiger partial charge < -0.3 is 10.1 Å². The Hall–Kier alpha value is -2.13. The molecule has 1 saturated heterocycles. The first-order valence-corrected chi connectivity index (χ1v) is 12.1. The van der Waals surface area contributed by atoms with Crippen molar-refractivity contribution in [2.24, 2.45) is 4.99 Å². The van der Waals surface area contributed by atoms with Crippen LogP contribution >= 0.6 is 55.2 Å². The smallest absolute Gasteiger partial charge is 0.264 e. The second-order valence-corrected chi connectivity index (χ2v) is 9.88. The zero-order chi connectivity index (χ0) is 22.7. The van der Waals surface area contributed by atoms with Crippen molar-refractivity contribution in [1.29, 1.82) is 0 Å². The fraction of sp³-hybridized carbons (Fsp3) is 0.0435. The van der Waals surface area contributed by atoms with Crippen molar-refractivity contribution < 1.29 is 13.9 Å². The average Bonchev–Trinajstić information content (AvgIpc) is 3.09. The quantitative estimate of drug-likeness (QED) is 0.311. The molecule has 0 aromatic heterocycles. The monoisotopic (exact) mass is 594 g/mol. The number of thioether (sulfide) groups is 1. The fourth-order valence-corrected chi connectivity index (χ4v) is 5.19. The highest BCUT2D eigenvalue weighted by molar-refractivity contribution is 9.11. The fourth-order valence-electron chi connectivity index (χ4n) is 2.86. The van der Waals surface area contributed by atoms with E-state index in [9.17, 15) is 9.18 Å². The maximum absolute atomic E-state index is 14.0. The third-order valence-electron chi connectivity index (χ3n) is 4.36. The molecular weight excluding hydrogens is 583 g/mol. The van der Waals surface area contributed by atoms with E-state index in [-0.39, 0.29) is 18.3 Å². The first-order chi connectivity index (χ1) is 15.4. The summed E-state index contributed by atoms with van der Waals surface area (Å²) in [5.41, 5.74) is 1.77. The Morgan fingerprint density at radius 1 is 1.12 bits per heavy atom. The van der Waals surface area contributed by atoms with E-state index in [1.54, 1.807) is 48.5 Å². The molecule has 4 rings (SSSR count). The van der Waals surface area contributed by atoms with Crippen LogP contribution in [0.4, 0.5) is 10.1 Å². The predicted molar refractivity (Wildman–Crippen MR) is 135 cm³/mol. The number of nitrogens with one attached hydrogen (secondary N) is 1. The van der Waals surface area contributed by atoms with Gasteiger partial charge in [-0.2, -0.15) is 0 Å². The summed E-state index contributed by atoms with van der Waals surface area (Å²) in [6.45, 7) is 0.0473. The Morgan fingerprint density at radius 2 is 1.88 bits per heavy atom. The molecule has 0 saturated carbocycles. The Morgan fingerprint density at radius 3 is 2.62 bits per heavy atom. The zero-order valence-electron chi connectivity index (χ0n) is 16.2. The van der Waals surface area contributed by atoms with E-state index in [0.717, 1.165) is 4.47 Å². The summed E-state index contributed by atoms with van der Waals surface area (Å²) >= 11 is 14.1. The number of halogens is 4. The topological polar surface area (TPSA) is 50.7 Å². The molecule has 1 N–H and O–H groups in total. The summed E-state index contributed by atoms with van der Waals surface area (Å²) in [7, 11) is 0. The second kappa shape index (κ2) is 10.2. The van der Waals surface area contributed by atoms with E-state index in [1.165, 1.54) is 17.8 Å². The number of hydrogen-bond donors (Lipinski definition) is 1. The summed E-state index contributed by atoms with van der Waals surface area (Å²) in [5, 5.41) is 3.84. The number of carbonyl (C=O) groups excluding carboxylic acids is 1. The van der Waals surface area contributed by atoms with Gasteiger partial charge in [-0.05, 0) is 76.2 Å². The summed E-state index contributed by atoms with van der Waals surface area (Å²) in [6, 6.07) is 17.1. The number of hydrogen-bond acceptors (Lipinski definition) is 4. The van der Waals surface area contributed by atoms with E-state index in [4.69, 9.17) is 16.3 Å². The highest BCUT2D eigenvalue weighted by atomic mass is 79.9. The van der Waals surface area contributed by atoms with Crippen LogP contribution in [0.25, 0.3) is 6.08 Å². The van der Waals surface area contributed by atoms with Crippen LogP contribution in [0, 0.1) is 5.82 Å². The Labute approximate surface area is 210 Å². The minimum absolute atomic E-state index is 0.0473. The van der Waals surface area contributed by atoms with Crippen LogP contribution in [0.3, 0.4) is 0 Å². The number of aliphatic imine (C=N–C) groups is 1. The molecule has 0 unspecified atom stereocenters. The van der Waals surface area contributed by atoms with E-state index < -0.39 is 0 Å². The number of carbonyl (C=O) groups is 1. The first-order valence-electron chi connectivity index (χ1n) is 9.29. The van der Waals surface area contributed by atoms with E-state index >= 15 is 0 Å². The lowest BCUT2D eigenvalue weighted by Crippen LogP contribution is -2.19. The van der Waals surface area contributed by atoms with Crippen molar-refractivity contribution in [3.05, 3.63) is 96.5 Å². The third kappa shape index (κ3) is 5.61. The summed E-state index contributed by atoms with van der Waals surface area (Å²) in [6.07, 6.45) is 1.72. The first kappa shape index (κ1) is 23.0. The largest absolute Gasteiger partial charge is 0.487 e. The van der Waals surface area contributed by atoms with Gasteiger partial charge in [0, 0.05) is 20.6 Å². The second-order valence-electron chi connectivity index (χ2n) is 6.64. The van der Waals surface area contributed by atoms with Crippen molar-refractivity contribution in [2.75, 3.05) is 0 Å². The molecule has 9 heteroatoms. The molecule has 0 spiro atoms.